The molecular weight excluding hydrogens is 316 g/mol. The van der Waals surface area contributed by atoms with E-state index in [4.69, 9.17) is 0 Å². The molecule has 1 unspecified atom stereocenters. The average Bonchev–Trinajstić information content (AvgIpc) is 2.68. The van der Waals surface area contributed by atoms with Gasteiger partial charge in [-0.2, -0.15) is 5.10 Å². The number of halogens is 1. The zero-order chi connectivity index (χ0) is 15.1. The minimum atomic E-state index is 0.508. The van der Waals surface area contributed by atoms with Gasteiger partial charge in [0.2, 0.25) is 0 Å². The number of hydrogen-bond acceptors (Lipinski definition) is 3. The van der Waals surface area contributed by atoms with Gasteiger partial charge in [0, 0.05) is 19.5 Å². The maximum atomic E-state index is 4.59. The van der Waals surface area contributed by atoms with Gasteiger partial charge < -0.3 is 10.2 Å². The summed E-state index contributed by atoms with van der Waals surface area (Å²) in [7, 11) is 6.31. The summed E-state index contributed by atoms with van der Waals surface area (Å²) >= 11 is 3.72. The molecule has 0 aliphatic heterocycles. The van der Waals surface area contributed by atoms with Crippen molar-refractivity contribution in [2.75, 3.05) is 27.2 Å². The lowest BCUT2D eigenvalue weighted by Gasteiger charge is -2.21. The predicted molar refractivity (Wildman–Crippen MR) is 89.2 cm³/mol. The van der Waals surface area contributed by atoms with E-state index in [-0.39, 0.29) is 0 Å². The summed E-state index contributed by atoms with van der Waals surface area (Å²) < 4.78 is 3.22. The van der Waals surface area contributed by atoms with Crippen LogP contribution in [0.3, 0.4) is 0 Å². The zero-order valence-corrected chi connectivity index (χ0v) is 15.1. The molecule has 0 saturated heterocycles. The average molecular weight is 345 g/mol. The summed E-state index contributed by atoms with van der Waals surface area (Å²) in [6, 6.07) is 0.508. The summed E-state index contributed by atoms with van der Waals surface area (Å²) in [5, 5.41) is 8.26. The van der Waals surface area contributed by atoms with E-state index in [1.54, 1.807) is 0 Å². The number of aryl methyl sites for hydroxylation is 2. The molecule has 1 N–H and O–H groups in total. The number of nitrogens with one attached hydrogen (secondary N) is 1. The van der Waals surface area contributed by atoms with Gasteiger partial charge in [0.1, 0.15) is 0 Å². The van der Waals surface area contributed by atoms with Crippen molar-refractivity contribution < 1.29 is 0 Å². The van der Waals surface area contributed by atoms with E-state index in [0.717, 1.165) is 38.0 Å². The summed E-state index contributed by atoms with van der Waals surface area (Å²) in [5.41, 5.74) is 2.46. The second kappa shape index (κ2) is 8.80. The van der Waals surface area contributed by atoms with Gasteiger partial charge in [-0.3, -0.25) is 4.68 Å². The van der Waals surface area contributed by atoms with Crippen molar-refractivity contribution in [2.45, 2.75) is 45.6 Å². The van der Waals surface area contributed by atoms with Crippen LogP contribution in [0.25, 0.3) is 0 Å². The Morgan fingerprint density at radius 3 is 2.55 bits per heavy atom. The first kappa shape index (κ1) is 17.7. The lowest BCUT2D eigenvalue weighted by atomic mass is 10.1. The molecule has 5 heteroatoms. The lowest BCUT2D eigenvalue weighted by Crippen LogP contribution is -2.35. The summed E-state index contributed by atoms with van der Waals surface area (Å²) in [5.74, 6) is 0. The Kier molecular flexibility index (Phi) is 7.77. The first-order valence-electron chi connectivity index (χ1n) is 7.57. The number of nitrogens with zero attached hydrogens (tertiary/aromatic N) is 3. The smallest absolute Gasteiger partial charge is 0.0766 e. The van der Waals surface area contributed by atoms with Gasteiger partial charge in [-0.15, -0.1) is 0 Å². The van der Waals surface area contributed by atoms with Crippen molar-refractivity contribution in [3.8, 4) is 0 Å². The third kappa shape index (κ3) is 5.19. The van der Waals surface area contributed by atoms with E-state index in [9.17, 15) is 0 Å². The van der Waals surface area contributed by atoms with Crippen LogP contribution in [-0.4, -0.2) is 47.9 Å². The SMILES string of the molecule is CCCNC(CCN(C)C)Cc1c(Br)c(CC)nn1C. The van der Waals surface area contributed by atoms with E-state index in [1.165, 1.54) is 16.6 Å². The highest BCUT2D eigenvalue weighted by Crippen LogP contribution is 2.23. The molecule has 20 heavy (non-hydrogen) atoms. The van der Waals surface area contributed by atoms with Gasteiger partial charge in [-0.1, -0.05) is 13.8 Å². The molecule has 0 bridgehead atoms. The van der Waals surface area contributed by atoms with Gasteiger partial charge in [-0.25, -0.2) is 0 Å². The Morgan fingerprint density at radius 1 is 1.35 bits per heavy atom. The van der Waals surface area contributed by atoms with Gasteiger partial charge in [-0.05, 0) is 62.4 Å². The quantitative estimate of drug-likeness (QED) is 0.747. The molecule has 1 rings (SSSR count). The molecule has 0 spiro atoms. The molecule has 1 atom stereocenters. The second-order valence-corrected chi connectivity index (χ2v) is 6.42. The van der Waals surface area contributed by atoms with Crippen LogP contribution in [0.5, 0.6) is 0 Å². The highest BCUT2D eigenvalue weighted by molar-refractivity contribution is 9.10. The fraction of sp³-hybridized carbons (Fsp3) is 0.800. The van der Waals surface area contributed by atoms with Crippen molar-refractivity contribution in [3.05, 3.63) is 15.9 Å². The number of hydrogen-bond donors (Lipinski definition) is 1. The van der Waals surface area contributed by atoms with Gasteiger partial charge in [0.25, 0.3) is 0 Å². The molecule has 1 aromatic heterocycles. The predicted octanol–water partition coefficient (Wildman–Crippen LogP) is 2.61. The minimum Gasteiger partial charge on any atom is -0.314 e. The summed E-state index contributed by atoms with van der Waals surface area (Å²) in [6.07, 6.45) is 4.33. The fourth-order valence-electron chi connectivity index (χ4n) is 2.31. The maximum Gasteiger partial charge on any atom is 0.0766 e. The van der Waals surface area contributed by atoms with Crippen LogP contribution in [0.4, 0.5) is 0 Å². The third-order valence-corrected chi connectivity index (χ3v) is 4.47. The number of aromatic nitrogens is 2. The Balaban J connectivity index is 2.74. The number of rotatable bonds is 9. The van der Waals surface area contributed by atoms with Gasteiger partial charge >= 0.3 is 0 Å². The van der Waals surface area contributed by atoms with Crippen molar-refractivity contribution in [3.63, 3.8) is 0 Å². The molecule has 4 nitrogen and oxygen atoms in total. The standard InChI is InChI=1S/C15H29BrN4/c1-6-9-17-12(8-10-19(3)4)11-14-15(16)13(7-2)18-20(14)5/h12,17H,6-11H2,1-5H3. The van der Waals surface area contributed by atoms with Crippen LogP contribution >= 0.6 is 15.9 Å². The van der Waals surface area contributed by atoms with Crippen molar-refractivity contribution >= 4 is 15.9 Å². The van der Waals surface area contributed by atoms with Crippen LogP contribution in [0, 0.1) is 0 Å². The highest BCUT2D eigenvalue weighted by atomic mass is 79.9. The topological polar surface area (TPSA) is 33.1 Å². The van der Waals surface area contributed by atoms with E-state index < -0.39 is 0 Å². The third-order valence-electron chi connectivity index (χ3n) is 3.55. The molecule has 116 valence electrons. The zero-order valence-electron chi connectivity index (χ0n) is 13.5. The van der Waals surface area contributed by atoms with E-state index in [1.807, 2.05) is 11.7 Å². The maximum absolute atomic E-state index is 4.59. The van der Waals surface area contributed by atoms with Crippen LogP contribution < -0.4 is 5.32 Å². The largest absolute Gasteiger partial charge is 0.314 e. The molecule has 0 aliphatic carbocycles. The van der Waals surface area contributed by atoms with Crippen LogP contribution in [0.1, 0.15) is 38.1 Å². The molecule has 0 aliphatic rings. The Labute approximate surface area is 132 Å². The Hall–Kier alpha value is -0.390. The van der Waals surface area contributed by atoms with E-state index >= 15 is 0 Å². The van der Waals surface area contributed by atoms with Gasteiger partial charge in [0.05, 0.1) is 15.9 Å². The van der Waals surface area contributed by atoms with Crippen LogP contribution in [-0.2, 0) is 19.9 Å². The first-order valence-corrected chi connectivity index (χ1v) is 8.37. The van der Waals surface area contributed by atoms with E-state index in [0.29, 0.717) is 6.04 Å². The second-order valence-electron chi connectivity index (χ2n) is 5.63. The molecule has 1 aromatic rings. The first-order chi connectivity index (χ1) is 9.49. The molecule has 0 fully saturated rings. The van der Waals surface area contributed by atoms with E-state index in [2.05, 4.69) is 59.2 Å². The molecule has 1 heterocycles. The van der Waals surface area contributed by atoms with Crippen LogP contribution in [0.2, 0.25) is 0 Å². The lowest BCUT2D eigenvalue weighted by molar-refractivity contribution is 0.353. The molecule has 0 saturated carbocycles. The fourth-order valence-corrected chi connectivity index (χ4v) is 3.09. The van der Waals surface area contributed by atoms with Crippen molar-refractivity contribution in [1.29, 1.82) is 0 Å². The van der Waals surface area contributed by atoms with Crippen LogP contribution in [0.15, 0.2) is 4.47 Å². The minimum absolute atomic E-state index is 0.508. The Morgan fingerprint density at radius 2 is 2.05 bits per heavy atom. The summed E-state index contributed by atoms with van der Waals surface area (Å²) in [6.45, 7) is 6.55. The molecule has 0 aromatic carbocycles. The van der Waals surface area contributed by atoms with Crippen molar-refractivity contribution in [1.82, 2.24) is 20.0 Å². The van der Waals surface area contributed by atoms with Crippen molar-refractivity contribution in [2.24, 2.45) is 7.05 Å². The van der Waals surface area contributed by atoms with Gasteiger partial charge in [0.15, 0.2) is 0 Å². The molecule has 0 radical (unpaired) electrons. The monoisotopic (exact) mass is 344 g/mol. The Bertz CT molecular complexity index is 401. The molecular formula is C15H29BrN4. The normalized spacial score (nSPS) is 13.2. The highest BCUT2D eigenvalue weighted by Gasteiger charge is 2.17. The molecule has 0 amide bonds. The summed E-state index contributed by atoms with van der Waals surface area (Å²) in [4.78, 5) is 2.25.